The zero-order valence-electron chi connectivity index (χ0n) is 13.3. The van der Waals surface area contributed by atoms with E-state index in [-0.39, 0.29) is 11.8 Å². The highest BCUT2D eigenvalue weighted by Gasteiger charge is 2.46. The summed E-state index contributed by atoms with van der Waals surface area (Å²) in [5, 5.41) is 4.96. The number of nitrogens with zero attached hydrogens (tertiary/aromatic N) is 1. The fourth-order valence-electron chi connectivity index (χ4n) is 2.79. The van der Waals surface area contributed by atoms with E-state index in [1.807, 2.05) is 18.4 Å². The van der Waals surface area contributed by atoms with Crippen LogP contribution in [0.2, 0.25) is 0 Å². The maximum absolute atomic E-state index is 12.5. The van der Waals surface area contributed by atoms with Crippen LogP contribution in [-0.2, 0) is 20.7 Å². The molecule has 6 heteroatoms. The van der Waals surface area contributed by atoms with Crippen LogP contribution in [-0.4, -0.2) is 49.1 Å². The summed E-state index contributed by atoms with van der Waals surface area (Å²) in [6.07, 6.45) is 2.62. The molecule has 2 rings (SSSR count). The van der Waals surface area contributed by atoms with Crippen LogP contribution in [0.1, 0.15) is 31.1 Å². The van der Waals surface area contributed by atoms with Gasteiger partial charge in [-0.3, -0.25) is 9.59 Å². The lowest BCUT2D eigenvalue weighted by Gasteiger charge is -2.34. The molecule has 1 atom stereocenters. The van der Waals surface area contributed by atoms with E-state index in [4.69, 9.17) is 4.74 Å². The Balaban J connectivity index is 1.93. The molecule has 0 radical (unpaired) electrons. The van der Waals surface area contributed by atoms with Gasteiger partial charge in [-0.2, -0.15) is 0 Å². The van der Waals surface area contributed by atoms with Gasteiger partial charge in [0, 0.05) is 38.1 Å². The summed E-state index contributed by atoms with van der Waals surface area (Å²) in [5.74, 6) is 0.0201. The van der Waals surface area contributed by atoms with Gasteiger partial charge in [0.25, 0.3) is 0 Å². The van der Waals surface area contributed by atoms with E-state index in [1.165, 1.54) is 4.88 Å². The molecule has 0 aromatic carbocycles. The van der Waals surface area contributed by atoms with E-state index in [1.54, 1.807) is 23.3 Å². The largest absolute Gasteiger partial charge is 0.385 e. The van der Waals surface area contributed by atoms with E-state index in [0.717, 1.165) is 12.8 Å². The molecule has 1 saturated heterocycles. The Kier molecular flexibility index (Phi) is 5.97. The molecule has 2 heterocycles. The molecule has 1 aliphatic heterocycles. The first-order valence-corrected chi connectivity index (χ1v) is 8.56. The Morgan fingerprint density at radius 2 is 2.36 bits per heavy atom. The van der Waals surface area contributed by atoms with E-state index in [2.05, 4.69) is 11.4 Å². The third kappa shape index (κ3) is 3.87. The minimum absolute atomic E-state index is 0.0550. The fraction of sp³-hybridized carbons (Fsp3) is 0.625. The monoisotopic (exact) mass is 324 g/mol. The number of carbonyl (C=O) groups excluding carboxylic acids is 2. The SMILES string of the molecule is COCCCNC(=O)[C@]1(C)CCC(=O)N1CCc1cccs1. The minimum Gasteiger partial charge on any atom is -0.385 e. The summed E-state index contributed by atoms with van der Waals surface area (Å²) in [4.78, 5) is 27.7. The molecule has 5 nitrogen and oxygen atoms in total. The van der Waals surface area contributed by atoms with Crippen molar-refractivity contribution >= 4 is 23.2 Å². The third-order valence-corrected chi connectivity index (χ3v) is 5.12. The number of hydrogen-bond donors (Lipinski definition) is 1. The summed E-state index contributed by atoms with van der Waals surface area (Å²) in [7, 11) is 1.64. The fourth-order valence-corrected chi connectivity index (χ4v) is 3.49. The second kappa shape index (κ2) is 7.74. The Hall–Kier alpha value is -1.40. The molecular weight excluding hydrogens is 300 g/mol. The normalized spacial score (nSPS) is 21.4. The number of amides is 2. The van der Waals surface area contributed by atoms with Gasteiger partial charge in [0.05, 0.1) is 0 Å². The van der Waals surface area contributed by atoms with Crippen LogP contribution >= 0.6 is 11.3 Å². The summed E-state index contributed by atoms with van der Waals surface area (Å²) in [6.45, 7) is 3.67. The van der Waals surface area contributed by atoms with Gasteiger partial charge >= 0.3 is 0 Å². The lowest BCUT2D eigenvalue weighted by Crippen LogP contribution is -2.55. The van der Waals surface area contributed by atoms with Crippen LogP contribution in [0.15, 0.2) is 17.5 Å². The Labute approximate surface area is 135 Å². The van der Waals surface area contributed by atoms with Crippen molar-refractivity contribution in [3.63, 3.8) is 0 Å². The molecule has 0 bridgehead atoms. The maximum Gasteiger partial charge on any atom is 0.245 e. The molecule has 1 aliphatic rings. The van der Waals surface area contributed by atoms with Gasteiger partial charge in [-0.05, 0) is 37.6 Å². The molecular formula is C16H24N2O3S. The average Bonchev–Trinajstić information content (AvgIpc) is 3.11. The molecule has 0 aliphatic carbocycles. The molecule has 122 valence electrons. The van der Waals surface area contributed by atoms with Crippen LogP contribution in [0.5, 0.6) is 0 Å². The van der Waals surface area contributed by atoms with E-state index >= 15 is 0 Å². The Morgan fingerprint density at radius 1 is 1.55 bits per heavy atom. The van der Waals surface area contributed by atoms with Crippen molar-refractivity contribution in [3.05, 3.63) is 22.4 Å². The van der Waals surface area contributed by atoms with Crippen molar-refractivity contribution in [2.75, 3.05) is 26.8 Å². The number of likely N-dealkylation sites (tertiary alicyclic amines) is 1. The first kappa shape index (κ1) is 17.0. The van der Waals surface area contributed by atoms with Crippen molar-refractivity contribution in [1.29, 1.82) is 0 Å². The number of nitrogens with one attached hydrogen (secondary N) is 1. The van der Waals surface area contributed by atoms with Crippen LogP contribution < -0.4 is 5.32 Å². The summed E-state index contributed by atoms with van der Waals surface area (Å²) < 4.78 is 4.98. The van der Waals surface area contributed by atoms with E-state index in [0.29, 0.717) is 32.5 Å². The highest BCUT2D eigenvalue weighted by atomic mass is 32.1. The third-order valence-electron chi connectivity index (χ3n) is 4.18. The number of hydrogen-bond acceptors (Lipinski definition) is 4. The number of thiophene rings is 1. The maximum atomic E-state index is 12.5. The molecule has 2 amide bonds. The van der Waals surface area contributed by atoms with Gasteiger partial charge in [0.2, 0.25) is 11.8 Å². The van der Waals surface area contributed by atoms with Crippen LogP contribution in [0.25, 0.3) is 0 Å². The van der Waals surface area contributed by atoms with Crippen LogP contribution in [0, 0.1) is 0 Å². The highest BCUT2D eigenvalue weighted by Crippen LogP contribution is 2.30. The predicted octanol–water partition coefficient (Wildman–Crippen LogP) is 1.82. The van der Waals surface area contributed by atoms with Gasteiger partial charge < -0.3 is 15.0 Å². The molecule has 1 N–H and O–H groups in total. The standard InChI is InChI=1S/C16H24N2O3S/c1-16(15(20)17-9-4-11-21-2)8-6-14(19)18(16)10-7-13-5-3-12-22-13/h3,5,12H,4,6-11H2,1-2H3,(H,17,20)/t16-/m0/s1. The predicted molar refractivity (Wildman–Crippen MR) is 86.9 cm³/mol. The number of ether oxygens (including phenoxy) is 1. The zero-order valence-corrected chi connectivity index (χ0v) is 14.1. The zero-order chi connectivity index (χ0) is 16.0. The van der Waals surface area contributed by atoms with Gasteiger partial charge in [0.1, 0.15) is 5.54 Å². The molecule has 0 spiro atoms. The highest BCUT2D eigenvalue weighted by molar-refractivity contribution is 7.09. The van der Waals surface area contributed by atoms with Gasteiger partial charge in [-0.15, -0.1) is 11.3 Å². The van der Waals surface area contributed by atoms with Gasteiger partial charge in [-0.25, -0.2) is 0 Å². The smallest absolute Gasteiger partial charge is 0.245 e. The molecule has 1 aromatic rings. The van der Waals surface area contributed by atoms with E-state index in [9.17, 15) is 9.59 Å². The van der Waals surface area contributed by atoms with E-state index < -0.39 is 5.54 Å². The Morgan fingerprint density at radius 3 is 3.05 bits per heavy atom. The van der Waals surface area contributed by atoms with Crippen molar-refractivity contribution in [3.8, 4) is 0 Å². The lowest BCUT2D eigenvalue weighted by atomic mass is 9.97. The van der Waals surface area contributed by atoms with Gasteiger partial charge in [0.15, 0.2) is 0 Å². The molecule has 0 unspecified atom stereocenters. The molecule has 0 saturated carbocycles. The van der Waals surface area contributed by atoms with Crippen molar-refractivity contribution in [2.24, 2.45) is 0 Å². The van der Waals surface area contributed by atoms with Crippen molar-refractivity contribution in [2.45, 2.75) is 38.1 Å². The average molecular weight is 324 g/mol. The van der Waals surface area contributed by atoms with Crippen LogP contribution in [0.3, 0.4) is 0 Å². The minimum atomic E-state index is -0.721. The number of methoxy groups -OCH3 is 1. The topological polar surface area (TPSA) is 58.6 Å². The second-order valence-electron chi connectivity index (χ2n) is 5.75. The summed E-state index contributed by atoms with van der Waals surface area (Å²) in [5.41, 5.74) is -0.721. The molecule has 22 heavy (non-hydrogen) atoms. The first-order valence-electron chi connectivity index (χ1n) is 7.68. The van der Waals surface area contributed by atoms with Crippen molar-refractivity contribution in [1.82, 2.24) is 10.2 Å². The lowest BCUT2D eigenvalue weighted by molar-refractivity contribution is -0.140. The van der Waals surface area contributed by atoms with Crippen molar-refractivity contribution < 1.29 is 14.3 Å². The summed E-state index contributed by atoms with van der Waals surface area (Å²) >= 11 is 1.68. The number of rotatable bonds is 8. The van der Waals surface area contributed by atoms with Gasteiger partial charge in [-0.1, -0.05) is 6.07 Å². The summed E-state index contributed by atoms with van der Waals surface area (Å²) in [6, 6.07) is 4.07. The molecule has 1 aromatic heterocycles. The van der Waals surface area contributed by atoms with Crippen LogP contribution in [0.4, 0.5) is 0 Å². The first-order chi connectivity index (χ1) is 10.6. The second-order valence-corrected chi connectivity index (χ2v) is 6.78. The number of carbonyl (C=O) groups is 2. The molecule has 1 fully saturated rings. The Bertz CT molecular complexity index is 503. The quantitative estimate of drug-likeness (QED) is 0.742.